The molecular formula is C12H15N5O7. The van der Waals surface area contributed by atoms with Crippen molar-refractivity contribution in [3.05, 3.63) is 43.4 Å². The van der Waals surface area contributed by atoms with Gasteiger partial charge in [-0.1, -0.05) is 0 Å². The van der Waals surface area contributed by atoms with Crippen LogP contribution in [0.4, 0.5) is 4.79 Å². The summed E-state index contributed by atoms with van der Waals surface area (Å²) < 4.78 is 0. The third-order valence-corrected chi connectivity index (χ3v) is 3.62. The topological polar surface area (TPSA) is 171 Å². The predicted molar refractivity (Wildman–Crippen MR) is 79.2 cm³/mol. The van der Waals surface area contributed by atoms with E-state index in [0.29, 0.717) is 0 Å². The van der Waals surface area contributed by atoms with Gasteiger partial charge in [0.05, 0.1) is 23.1 Å². The number of carbonyl (C=O) groups excluding carboxylic acids is 1. The third-order valence-electron chi connectivity index (χ3n) is 3.62. The van der Waals surface area contributed by atoms with Gasteiger partial charge in [-0.15, -0.1) is 0 Å². The molecule has 1 aliphatic carbocycles. The number of nitrogens with zero attached hydrogens (tertiary/aromatic N) is 4. The Bertz CT molecular complexity index is 663. The van der Waals surface area contributed by atoms with E-state index in [1.54, 1.807) is 0 Å². The van der Waals surface area contributed by atoms with E-state index in [1.807, 2.05) is 0 Å². The fourth-order valence-electron chi connectivity index (χ4n) is 2.63. The molecule has 0 saturated carbocycles. The number of nitro groups is 2. The van der Waals surface area contributed by atoms with Crippen LogP contribution in [0, 0.1) is 26.1 Å². The molecule has 0 saturated heterocycles. The van der Waals surface area contributed by atoms with Crippen molar-refractivity contribution in [2.45, 2.75) is 0 Å². The monoisotopic (exact) mass is 341 g/mol. The molecule has 24 heavy (non-hydrogen) atoms. The van der Waals surface area contributed by atoms with Gasteiger partial charge in [0.2, 0.25) is 0 Å². The molecule has 0 aromatic rings. The molecule has 0 radical (unpaired) electrons. The van der Waals surface area contributed by atoms with Crippen LogP contribution >= 0.6 is 0 Å². The maximum atomic E-state index is 11.5. The van der Waals surface area contributed by atoms with Gasteiger partial charge in [0.15, 0.2) is 5.92 Å². The van der Waals surface area contributed by atoms with Crippen LogP contribution in [0.3, 0.4) is 0 Å². The molecule has 130 valence electrons. The quantitative estimate of drug-likeness (QED) is 0.361. The molecule has 12 nitrogen and oxygen atoms in total. The van der Waals surface area contributed by atoms with Crippen LogP contribution in [0.15, 0.2) is 28.2 Å². The Morgan fingerprint density at radius 3 is 2.33 bits per heavy atom. The fraction of sp³-hybridized carbons (Fsp3) is 0.500. The number of carbonyl (C=O) groups is 1. The standard InChI is InChI=1S/C12H15N5O7/c18-3-1-15(2-4-19)6-7-9(16(21)22)5-8-10(11(7)17(23)24)14-12(20)13-8/h5,7,18-19H,1-4,6H2,(H,14,20). The Labute approximate surface area is 135 Å². The molecular weight excluding hydrogens is 326 g/mol. The summed E-state index contributed by atoms with van der Waals surface area (Å²) in [7, 11) is 0. The summed E-state index contributed by atoms with van der Waals surface area (Å²) in [6.45, 7) is -0.571. The van der Waals surface area contributed by atoms with E-state index < -0.39 is 33.2 Å². The van der Waals surface area contributed by atoms with Crippen LogP contribution in [0.25, 0.3) is 0 Å². The van der Waals surface area contributed by atoms with Gasteiger partial charge in [0.25, 0.3) is 11.4 Å². The van der Waals surface area contributed by atoms with Gasteiger partial charge in [-0.05, 0) is 0 Å². The van der Waals surface area contributed by atoms with Crippen molar-refractivity contribution in [3.8, 4) is 0 Å². The molecule has 0 bridgehead atoms. The summed E-state index contributed by atoms with van der Waals surface area (Å²) in [4.78, 5) is 37.5. The highest BCUT2D eigenvalue weighted by molar-refractivity contribution is 6.19. The Morgan fingerprint density at radius 2 is 1.83 bits per heavy atom. The van der Waals surface area contributed by atoms with Gasteiger partial charge in [-0.2, -0.15) is 4.99 Å². The van der Waals surface area contributed by atoms with Crippen molar-refractivity contribution in [2.75, 3.05) is 32.8 Å². The number of allylic oxidation sites excluding steroid dienone is 1. The number of nitrogens with one attached hydrogen (secondary N) is 1. The number of aliphatic hydroxyl groups excluding tert-OH is 2. The summed E-state index contributed by atoms with van der Waals surface area (Å²) in [6.07, 6.45) is 1.03. The summed E-state index contributed by atoms with van der Waals surface area (Å²) in [5, 5.41) is 43.1. The van der Waals surface area contributed by atoms with Gasteiger partial charge in [0, 0.05) is 25.7 Å². The lowest BCUT2D eigenvalue weighted by Crippen LogP contribution is -2.40. The third kappa shape index (κ3) is 3.45. The molecule has 2 aliphatic rings. The minimum atomic E-state index is -1.25. The van der Waals surface area contributed by atoms with Gasteiger partial charge in [-0.25, -0.2) is 4.79 Å². The smallest absolute Gasteiger partial charge is 0.346 e. The van der Waals surface area contributed by atoms with Gasteiger partial charge >= 0.3 is 6.03 Å². The minimum absolute atomic E-state index is 0.0791. The summed E-state index contributed by atoms with van der Waals surface area (Å²) in [5.41, 5.74) is -1.31. The first-order chi connectivity index (χ1) is 11.4. The molecule has 0 aromatic carbocycles. The molecule has 1 atom stereocenters. The largest absolute Gasteiger partial charge is 0.395 e. The van der Waals surface area contributed by atoms with Crippen molar-refractivity contribution in [3.63, 3.8) is 0 Å². The molecule has 0 spiro atoms. The SMILES string of the molecule is O=C1N=C2C=C([N+](=O)[O-])C(CN(CCO)CCO)C([N+](=O)[O-])=C2N1. The second kappa shape index (κ2) is 7.25. The number of aliphatic hydroxyl groups is 2. The van der Waals surface area contributed by atoms with Gasteiger partial charge in [-0.3, -0.25) is 30.4 Å². The van der Waals surface area contributed by atoms with Crippen molar-refractivity contribution >= 4 is 11.7 Å². The van der Waals surface area contributed by atoms with Crippen molar-refractivity contribution in [2.24, 2.45) is 10.9 Å². The number of hydrogen-bond donors (Lipinski definition) is 3. The molecule has 1 heterocycles. The average Bonchev–Trinajstić information content (AvgIpc) is 2.86. The first-order valence-electron chi connectivity index (χ1n) is 6.97. The van der Waals surface area contributed by atoms with E-state index >= 15 is 0 Å². The second-order valence-corrected chi connectivity index (χ2v) is 5.07. The Morgan fingerprint density at radius 1 is 1.21 bits per heavy atom. The summed E-state index contributed by atoms with van der Waals surface area (Å²) >= 11 is 0. The van der Waals surface area contributed by atoms with Crippen LogP contribution in [-0.2, 0) is 0 Å². The fourth-order valence-corrected chi connectivity index (χ4v) is 2.63. The lowest BCUT2D eigenvalue weighted by Gasteiger charge is -2.25. The van der Waals surface area contributed by atoms with Gasteiger partial charge in [0.1, 0.15) is 11.4 Å². The number of urea groups is 1. The predicted octanol–water partition coefficient (Wildman–Crippen LogP) is -1.28. The van der Waals surface area contributed by atoms with E-state index in [4.69, 9.17) is 10.2 Å². The normalized spacial score (nSPS) is 19.8. The van der Waals surface area contributed by atoms with Crippen LogP contribution in [0.1, 0.15) is 0 Å². The molecule has 1 aliphatic heterocycles. The molecule has 2 rings (SSSR count). The van der Waals surface area contributed by atoms with E-state index in [2.05, 4.69) is 10.3 Å². The van der Waals surface area contributed by atoms with Crippen LogP contribution < -0.4 is 5.32 Å². The molecule has 1 unspecified atom stereocenters. The van der Waals surface area contributed by atoms with E-state index in [1.165, 1.54) is 4.90 Å². The van der Waals surface area contributed by atoms with Crippen LogP contribution in [0.5, 0.6) is 0 Å². The second-order valence-electron chi connectivity index (χ2n) is 5.07. The molecule has 0 aromatic heterocycles. The lowest BCUT2D eigenvalue weighted by atomic mass is 9.91. The first kappa shape index (κ1) is 17.7. The van der Waals surface area contributed by atoms with E-state index in [9.17, 15) is 25.0 Å². The first-order valence-corrected chi connectivity index (χ1v) is 6.97. The zero-order valence-corrected chi connectivity index (χ0v) is 12.4. The maximum absolute atomic E-state index is 11.5. The number of hydrogen-bond acceptors (Lipinski definition) is 8. The maximum Gasteiger partial charge on any atom is 0.346 e. The molecule has 12 heteroatoms. The summed E-state index contributed by atoms with van der Waals surface area (Å²) in [5.74, 6) is -1.25. The highest BCUT2D eigenvalue weighted by Crippen LogP contribution is 2.31. The number of amides is 2. The average molecular weight is 341 g/mol. The minimum Gasteiger partial charge on any atom is -0.395 e. The van der Waals surface area contributed by atoms with Crippen molar-refractivity contribution in [1.82, 2.24) is 10.2 Å². The Balaban J connectivity index is 2.46. The van der Waals surface area contributed by atoms with E-state index in [0.717, 1.165) is 6.08 Å². The Hall–Kier alpha value is -2.70. The van der Waals surface area contributed by atoms with Crippen LogP contribution in [-0.4, -0.2) is 69.6 Å². The number of aliphatic imine (C=N–C) groups is 1. The number of rotatable bonds is 8. The zero-order valence-electron chi connectivity index (χ0n) is 12.4. The molecule has 2 amide bonds. The van der Waals surface area contributed by atoms with Crippen molar-refractivity contribution < 1.29 is 24.9 Å². The molecule has 3 N–H and O–H groups in total. The number of fused-ring (bicyclic) bond motifs is 1. The lowest BCUT2D eigenvalue weighted by molar-refractivity contribution is -0.461. The summed E-state index contributed by atoms with van der Waals surface area (Å²) in [6, 6.07) is -0.832. The molecule has 0 fully saturated rings. The highest BCUT2D eigenvalue weighted by Gasteiger charge is 2.46. The van der Waals surface area contributed by atoms with Crippen molar-refractivity contribution in [1.29, 1.82) is 0 Å². The Kier molecular flexibility index (Phi) is 5.33. The van der Waals surface area contributed by atoms with E-state index in [-0.39, 0.29) is 44.3 Å². The van der Waals surface area contributed by atoms with Crippen LogP contribution in [0.2, 0.25) is 0 Å². The zero-order chi connectivity index (χ0) is 17.9. The highest BCUT2D eigenvalue weighted by atomic mass is 16.6. The van der Waals surface area contributed by atoms with Gasteiger partial charge < -0.3 is 10.2 Å².